The van der Waals surface area contributed by atoms with Gasteiger partial charge in [-0.2, -0.15) is 18.3 Å². The van der Waals surface area contributed by atoms with Crippen molar-refractivity contribution >= 4 is 5.96 Å². The van der Waals surface area contributed by atoms with E-state index in [2.05, 4.69) is 20.7 Å². The van der Waals surface area contributed by atoms with Gasteiger partial charge >= 0.3 is 6.18 Å². The first-order valence-electron chi connectivity index (χ1n) is 9.17. The number of alkyl halides is 3. The summed E-state index contributed by atoms with van der Waals surface area (Å²) in [6.07, 6.45) is -1.32. The van der Waals surface area contributed by atoms with E-state index in [0.717, 1.165) is 30.7 Å². The molecule has 1 aromatic rings. The van der Waals surface area contributed by atoms with Gasteiger partial charge < -0.3 is 20.1 Å². The molecular formula is C17H28F3N5O2. The van der Waals surface area contributed by atoms with E-state index in [1.54, 1.807) is 0 Å². The molecule has 2 N–H and O–H groups in total. The monoisotopic (exact) mass is 391 g/mol. The molecule has 7 nitrogen and oxygen atoms in total. The highest BCUT2D eigenvalue weighted by molar-refractivity contribution is 5.79. The number of aromatic nitrogens is 2. The van der Waals surface area contributed by atoms with E-state index in [0.29, 0.717) is 38.2 Å². The van der Waals surface area contributed by atoms with E-state index in [4.69, 9.17) is 9.47 Å². The molecule has 1 saturated heterocycles. The standard InChI is InChI=1S/C17H28F3N5O2/c1-3-21-16(22-6-4-7-26-11-13-5-8-27-12-13)23-9-14-10-25(2)24-15(14)17(18,19)20/h10,13H,3-9,11-12H2,1-2H3,(H2,21,22,23). The topological polar surface area (TPSA) is 72.7 Å². The van der Waals surface area contributed by atoms with Gasteiger partial charge in [0, 0.05) is 51.0 Å². The summed E-state index contributed by atoms with van der Waals surface area (Å²) in [6.45, 7) is 5.93. The Balaban J connectivity index is 1.77. The number of guanidine groups is 1. The smallest absolute Gasteiger partial charge is 0.381 e. The minimum atomic E-state index is -4.49. The predicted molar refractivity (Wildman–Crippen MR) is 95.4 cm³/mol. The molecule has 1 atom stereocenters. The van der Waals surface area contributed by atoms with Gasteiger partial charge in [0.05, 0.1) is 19.8 Å². The van der Waals surface area contributed by atoms with Crippen LogP contribution in [0.3, 0.4) is 0 Å². The van der Waals surface area contributed by atoms with E-state index in [-0.39, 0.29) is 12.1 Å². The van der Waals surface area contributed by atoms with Crippen molar-refractivity contribution in [3.8, 4) is 0 Å². The Morgan fingerprint density at radius 1 is 1.44 bits per heavy atom. The van der Waals surface area contributed by atoms with E-state index in [1.807, 2.05) is 6.92 Å². The summed E-state index contributed by atoms with van der Waals surface area (Å²) in [6, 6.07) is 0. The van der Waals surface area contributed by atoms with Crippen LogP contribution in [0, 0.1) is 5.92 Å². The van der Waals surface area contributed by atoms with Crippen molar-refractivity contribution in [3.05, 3.63) is 17.5 Å². The number of ether oxygens (including phenoxy) is 2. The van der Waals surface area contributed by atoms with E-state index < -0.39 is 11.9 Å². The number of rotatable bonds is 9. The summed E-state index contributed by atoms with van der Waals surface area (Å²) in [4.78, 5) is 4.24. The quantitative estimate of drug-likeness (QED) is 0.382. The van der Waals surface area contributed by atoms with Crippen molar-refractivity contribution in [2.24, 2.45) is 18.0 Å². The highest BCUT2D eigenvalue weighted by Crippen LogP contribution is 2.30. The second-order valence-corrected chi connectivity index (χ2v) is 6.45. The lowest BCUT2D eigenvalue weighted by Gasteiger charge is -2.12. The third-order valence-electron chi connectivity index (χ3n) is 4.06. The van der Waals surface area contributed by atoms with Gasteiger partial charge in [0.2, 0.25) is 0 Å². The van der Waals surface area contributed by atoms with Crippen LogP contribution in [-0.2, 0) is 29.2 Å². The Bertz CT molecular complexity index is 598. The fourth-order valence-electron chi connectivity index (χ4n) is 2.74. The van der Waals surface area contributed by atoms with Crippen molar-refractivity contribution in [2.45, 2.75) is 32.5 Å². The van der Waals surface area contributed by atoms with Crippen LogP contribution in [0.1, 0.15) is 31.0 Å². The van der Waals surface area contributed by atoms with Crippen LogP contribution < -0.4 is 10.6 Å². The first kappa shape index (κ1) is 21.5. The fraction of sp³-hybridized carbons (Fsp3) is 0.765. The molecule has 2 rings (SSSR count). The fourth-order valence-corrected chi connectivity index (χ4v) is 2.74. The SMILES string of the molecule is CCNC(=NCc1cn(C)nc1C(F)(F)F)NCCCOCC1CCOC1. The van der Waals surface area contributed by atoms with Crippen LogP contribution in [-0.4, -0.2) is 55.3 Å². The minimum Gasteiger partial charge on any atom is -0.381 e. The van der Waals surface area contributed by atoms with E-state index in [1.165, 1.54) is 13.2 Å². The summed E-state index contributed by atoms with van der Waals surface area (Å²) in [7, 11) is 1.46. The number of nitrogens with zero attached hydrogens (tertiary/aromatic N) is 3. The molecule has 27 heavy (non-hydrogen) atoms. The van der Waals surface area contributed by atoms with Crippen LogP contribution in [0.15, 0.2) is 11.2 Å². The molecule has 10 heteroatoms. The number of hydrogen-bond donors (Lipinski definition) is 2. The van der Waals surface area contributed by atoms with Crippen LogP contribution >= 0.6 is 0 Å². The zero-order valence-corrected chi connectivity index (χ0v) is 15.8. The third-order valence-corrected chi connectivity index (χ3v) is 4.06. The number of aliphatic imine (C=N–C) groups is 1. The number of hydrogen-bond acceptors (Lipinski definition) is 4. The van der Waals surface area contributed by atoms with Crippen molar-refractivity contribution < 1.29 is 22.6 Å². The maximum atomic E-state index is 13.0. The molecule has 1 aliphatic heterocycles. The molecule has 1 fully saturated rings. The number of aryl methyl sites for hydroxylation is 1. The van der Waals surface area contributed by atoms with Crippen molar-refractivity contribution in [1.29, 1.82) is 0 Å². The van der Waals surface area contributed by atoms with Gasteiger partial charge in [-0.05, 0) is 19.8 Å². The maximum Gasteiger partial charge on any atom is 0.435 e. The Hall–Kier alpha value is -1.81. The molecule has 1 unspecified atom stereocenters. The molecule has 2 heterocycles. The van der Waals surface area contributed by atoms with Gasteiger partial charge in [0.25, 0.3) is 0 Å². The second kappa shape index (κ2) is 10.5. The lowest BCUT2D eigenvalue weighted by Crippen LogP contribution is -2.38. The van der Waals surface area contributed by atoms with Crippen LogP contribution in [0.5, 0.6) is 0 Å². The average molecular weight is 391 g/mol. The zero-order valence-electron chi connectivity index (χ0n) is 15.8. The van der Waals surface area contributed by atoms with Gasteiger partial charge in [-0.1, -0.05) is 0 Å². The van der Waals surface area contributed by atoms with Crippen molar-refractivity contribution in [1.82, 2.24) is 20.4 Å². The highest BCUT2D eigenvalue weighted by Gasteiger charge is 2.36. The molecule has 1 aliphatic rings. The molecule has 1 aromatic heterocycles. The number of halogens is 3. The second-order valence-electron chi connectivity index (χ2n) is 6.45. The van der Waals surface area contributed by atoms with Gasteiger partial charge in [-0.15, -0.1) is 0 Å². The summed E-state index contributed by atoms with van der Waals surface area (Å²) in [5.41, 5.74) is -0.849. The Labute approximate surface area is 157 Å². The molecular weight excluding hydrogens is 363 g/mol. The Morgan fingerprint density at radius 2 is 2.26 bits per heavy atom. The highest BCUT2D eigenvalue weighted by atomic mass is 19.4. The summed E-state index contributed by atoms with van der Waals surface area (Å²) < 4.78 is 51.0. The van der Waals surface area contributed by atoms with Crippen LogP contribution in [0.25, 0.3) is 0 Å². The Morgan fingerprint density at radius 3 is 2.93 bits per heavy atom. The van der Waals surface area contributed by atoms with Crippen molar-refractivity contribution in [2.75, 3.05) is 39.5 Å². The molecule has 0 spiro atoms. The van der Waals surface area contributed by atoms with Gasteiger partial charge in [0.1, 0.15) is 0 Å². The lowest BCUT2D eigenvalue weighted by molar-refractivity contribution is -0.142. The van der Waals surface area contributed by atoms with E-state index >= 15 is 0 Å². The normalized spacial score (nSPS) is 18.1. The first-order chi connectivity index (χ1) is 12.9. The average Bonchev–Trinajstić information content (AvgIpc) is 3.24. The number of nitrogens with one attached hydrogen (secondary N) is 2. The molecule has 0 aliphatic carbocycles. The molecule has 154 valence electrons. The summed E-state index contributed by atoms with van der Waals surface area (Å²) in [5.74, 6) is 0.956. The maximum absolute atomic E-state index is 13.0. The van der Waals surface area contributed by atoms with Gasteiger partial charge in [0.15, 0.2) is 11.7 Å². The van der Waals surface area contributed by atoms with E-state index in [9.17, 15) is 13.2 Å². The largest absolute Gasteiger partial charge is 0.435 e. The summed E-state index contributed by atoms with van der Waals surface area (Å²) >= 11 is 0. The van der Waals surface area contributed by atoms with Crippen molar-refractivity contribution in [3.63, 3.8) is 0 Å². The zero-order chi connectivity index (χ0) is 19.7. The van der Waals surface area contributed by atoms with Gasteiger partial charge in [-0.25, -0.2) is 4.99 Å². The predicted octanol–water partition coefficient (Wildman–Crippen LogP) is 1.94. The minimum absolute atomic E-state index is 0.0457. The molecule has 0 aromatic carbocycles. The molecule has 0 radical (unpaired) electrons. The lowest BCUT2D eigenvalue weighted by atomic mass is 10.1. The third kappa shape index (κ3) is 7.37. The first-order valence-corrected chi connectivity index (χ1v) is 9.17. The Kier molecular flexibility index (Phi) is 8.36. The molecule has 0 saturated carbocycles. The van der Waals surface area contributed by atoms with Gasteiger partial charge in [-0.3, -0.25) is 4.68 Å². The van der Waals surface area contributed by atoms with Crippen LogP contribution in [0.2, 0.25) is 0 Å². The molecule has 0 bridgehead atoms. The van der Waals surface area contributed by atoms with Crippen LogP contribution in [0.4, 0.5) is 13.2 Å². The summed E-state index contributed by atoms with van der Waals surface area (Å²) in [5, 5.41) is 9.63. The molecule has 0 amide bonds.